The largest absolute Gasteiger partial charge is 0.462 e. The van der Waals surface area contributed by atoms with E-state index in [1.165, 1.54) is 90.5 Å². The second-order valence-corrected chi connectivity index (χ2v) is 30.4. The number of benzene rings is 2. The van der Waals surface area contributed by atoms with E-state index in [1.54, 1.807) is 57.2 Å². The number of allylic oxidation sites excluding steroid dienone is 8. The molecule has 1 saturated heterocycles. The molecular weight excluding hydrogens is 1340 g/mol. The molecule has 105 heavy (non-hydrogen) atoms. The van der Waals surface area contributed by atoms with Crippen molar-refractivity contribution in [2.75, 3.05) is 19.8 Å². The Labute approximate surface area is 622 Å². The van der Waals surface area contributed by atoms with Crippen LogP contribution in [0.1, 0.15) is 264 Å². The molecule has 0 radical (unpaired) electrons. The van der Waals surface area contributed by atoms with Crippen LogP contribution in [0.3, 0.4) is 0 Å². The fourth-order valence-electron chi connectivity index (χ4n) is 14.7. The quantitative estimate of drug-likeness (QED) is 0.0178. The van der Waals surface area contributed by atoms with Gasteiger partial charge in [0.2, 0.25) is 6.10 Å². The van der Waals surface area contributed by atoms with Crippen molar-refractivity contribution in [3.63, 3.8) is 0 Å². The first-order valence-electron chi connectivity index (χ1n) is 38.6. The predicted octanol–water partition coefficient (Wildman–Crippen LogP) is 14.6. The number of amides is 1. The highest BCUT2D eigenvalue weighted by Gasteiger charge is 2.76. The molecule has 1 unspecified atom stereocenters. The van der Waals surface area contributed by atoms with E-state index >= 15 is 9.59 Å². The number of fused-ring (bicyclic) bond motifs is 5. The number of hydrogen-bond donors (Lipinski definition) is 5. The summed E-state index contributed by atoms with van der Waals surface area (Å²) >= 11 is 0. The zero-order valence-corrected chi connectivity index (χ0v) is 63.8. The first-order chi connectivity index (χ1) is 50.1. The van der Waals surface area contributed by atoms with Crippen molar-refractivity contribution in [1.29, 1.82) is 0 Å². The summed E-state index contributed by atoms with van der Waals surface area (Å²) in [7, 11) is 0. The summed E-state index contributed by atoms with van der Waals surface area (Å²) in [6.07, 6.45) is 25.1. The SMILES string of the molecule is CCCCC/C=C\C/C=C\CCCCCCCC(=O)OCC(COC(=O)CCC(=O)O[C@@H](C(=O)O[C@H]1C[C@@]2(O)[C@@H](OC(=O)c3ccccc3)[C@@H]3[C@]4(O)CO[C@@H]4C[C@H](O)[C@@]3(C)C(=O)[C@H](O)C(=C1C)C2(C)C)[C@@H](NC(=O)OC(C)(C)C)c1ccccc1)OC(=O)CCCCCCC/C=C\C/C=C\CCCCC. The topological polar surface area (TPSA) is 303 Å². The van der Waals surface area contributed by atoms with Gasteiger partial charge in [0, 0.05) is 37.0 Å². The van der Waals surface area contributed by atoms with Gasteiger partial charge in [0.1, 0.15) is 54.4 Å². The molecule has 0 aromatic heterocycles. The van der Waals surface area contributed by atoms with Crippen LogP contribution in [0.15, 0.2) is 120 Å². The molecular formula is C84H121NO20. The smallest absolute Gasteiger partial charge is 0.408 e. The highest BCUT2D eigenvalue weighted by atomic mass is 16.6. The number of aliphatic hydroxyl groups is 4. The lowest BCUT2D eigenvalue weighted by Gasteiger charge is -2.66. The van der Waals surface area contributed by atoms with Gasteiger partial charge in [-0.05, 0) is 141 Å². The van der Waals surface area contributed by atoms with Gasteiger partial charge in [-0.3, -0.25) is 24.0 Å². The van der Waals surface area contributed by atoms with Crippen molar-refractivity contribution >= 4 is 47.7 Å². The Morgan fingerprint density at radius 1 is 0.619 bits per heavy atom. The average molecular weight is 1460 g/mol. The molecule has 1 heterocycles. The molecule has 2 aromatic carbocycles. The van der Waals surface area contributed by atoms with E-state index in [4.69, 9.17) is 37.9 Å². The number of esters is 6. The Hall–Kier alpha value is -7.30. The van der Waals surface area contributed by atoms with Crippen LogP contribution in [-0.2, 0) is 66.7 Å². The molecule has 2 aromatic rings. The van der Waals surface area contributed by atoms with Gasteiger partial charge >= 0.3 is 41.9 Å². The summed E-state index contributed by atoms with van der Waals surface area (Å²) in [5.74, 6) is -8.14. The summed E-state index contributed by atoms with van der Waals surface area (Å²) in [4.78, 5) is 113. The zero-order valence-electron chi connectivity index (χ0n) is 63.8. The number of nitrogens with one attached hydrogen (secondary N) is 1. The summed E-state index contributed by atoms with van der Waals surface area (Å²) in [6.45, 7) is 13.7. The molecule has 21 nitrogen and oxygen atoms in total. The maximum absolute atomic E-state index is 15.4. The van der Waals surface area contributed by atoms with Crippen LogP contribution >= 0.6 is 0 Å². The van der Waals surface area contributed by atoms with Crippen molar-refractivity contribution < 1.29 is 96.7 Å². The van der Waals surface area contributed by atoms with E-state index in [1.807, 2.05) is 0 Å². The zero-order chi connectivity index (χ0) is 76.6. The summed E-state index contributed by atoms with van der Waals surface area (Å²) in [5.41, 5.74) is -9.27. The van der Waals surface area contributed by atoms with Crippen LogP contribution in [0, 0.1) is 16.7 Å². The number of carbonyl (C=O) groups excluding carboxylic acids is 8. The lowest BCUT2D eigenvalue weighted by Crippen LogP contribution is -2.81. The molecule has 3 fully saturated rings. The molecule has 4 aliphatic rings. The van der Waals surface area contributed by atoms with Gasteiger partial charge in [-0.25, -0.2) is 14.4 Å². The maximum Gasteiger partial charge on any atom is 0.408 e. The number of hydrogen-bond acceptors (Lipinski definition) is 20. The van der Waals surface area contributed by atoms with Crippen LogP contribution < -0.4 is 5.32 Å². The molecule has 2 bridgehead atoms. The van der Waals surface area contributed by atoms with Crippen molar-refractivity contribution in [3.8, 4) is 0 Å². The minimum atomic E-state index is -2.48. The first-order valence-corrected chi connectivity index (χ1v) is 38.6. The highest BCUT2D eigenvalue weighted by molar-refractivity contribution is 5.94. The molecule has 2 saturated carbocycles. The second kappa shape index (κ2) is 42.9. The minimum Gasteiger partial charge on any atom is -0.462 e. The number of ketones is 1. The minimum absolute atomic E-state index is 0.0334. The number of carbonyl (C=O) groups is 8. The third-order valence-corrected chi connectivity index (χ3v) is 20.9. The van der Waals surface area contributed by atoms with Gasteiger partial charge in [-0.1, -0.05) is 189 Å². The van der Waals surface area contributed by atoms with Gasteiger partial charge in [0.25, 0.3) is 0 Å². The van der Waals surface area contributed by atoms with Crippen molar-refractivity contribution in [1.82, 2.24) is 5.32 Å². The van der Waals surface area contributed by atoms with Crippen LogP contribution in [-0.4, -0.2) is 147 Å². The van der Waals surface area contributed by atoms with Gasteiger partial charge in [-0.15, -0.1) is 0 Å². The fourth-order valence-corrected chi connectivity index (χ4v) is 14.7. The summed E-state index contributed by atoms with van der Waals surface area (Å²) < 4.78 is 47.0. The highest BCUT2D eigenvalue weighted by Crippen LogP contribution is 2.63. The van der Waals surface area contributed by atoms with Crippen molar-refractivity contribution in [2.45, 2.75) is 308 Å². The Bertz CT molecular complexity index is 3260. The number of alkyl carbamates (subject to hydrolysis) is 1. The van der Waals surface area contributed by atoms with Crippen LogP contribution in [0.4, 0.5) is 4.79 Å². The second-order valence-electron chi connectivity index (χ2n) is 30.4. The van der Waals surface area contributed by atoms with E-state index in [0.717, 1.165) is 89.9 Å². The summed E-state index contributed by atoms with van der Waals surface area (Å²) in [6, 6.07) is 14.1. The van der Waals surface area contributed by atoms with Gasteiger partial charge in [0.05, 0.1) is 42.6 Å². The number of ether oxygens (including phenoxy) is 8. The predicted molar refractivity (Wildman–Crippen MR) is 398 cm³/mol. The first kappa shape index (κ1) is 86.6. The molecule has 6 rings (SSSR count). The molecule has 3 aliphatic carbocycles. The van der Waals surface area contributed by atoms with Crippen molar-refractivity contribution in [3.05, 3.63) is 132 Å². The fraction of sp³-hybridized carbons (Fsp3) is 0.643. The molecule has 1 aliphatic heterocycles. The number of rotatable bonds is 44. The Kier molecular flexibility index (Phi) is 35.4. The third kappa shape index (κ3) is 25.4. The molecule has 5 N–H and O–H groups in total. The summed E-state index contributed by atoms with van der Waals surface area (Å²) in [5, 5.41) is 53.5. The maximum atomic E-state index is 15.4. The molecule has 0 spiro atoms. The van der Waals surface area contributed by atoms with E-state index < -0.39 is 169 Å². The number of unbranched alkanes of at least 4 members (excludes halogenated alkanes) is 16. The number of Topliss-reactive ketones (excluding diaryl/α,β-unsaturated/α-hetero) is 1. The lowest BCUT2D eigenvalue weighted by atomic mass is 9.44. The third-order valence-electron chi connectivity index (χ3n) is 20.9. The lowest BCUT2D eigenvalue weighted by molar-refractivity contribution is -0.343. The van der Waals surface area contributed by atoms with E-state index in [9.17, 15) is 49.2 Å². The molecule has 1 amide bonds. The Morgan fingerprint density at radius 2 is 1.10 bits per heavy atom. The molecule has 582 valence electrons. The van der Waals surface area contributed by atoms with Gasteiger partial charge < -0.3 is 63.6 Å². The van der Waals surface area contributed by atoms with Crippen LogP contribution in [0.25, 0.3) is 0 Å². The standard InChI is InChI=1S/C84H121NO20/c1-10-12-14-16-18-20-22-24-26-28-30-32-34-36-44-50-66(87)98-56-62(101-68(89)51-45-37-35-33-31-29-27-25-23-21-19-17-15-13-11-2)57-99-67(88)52-53-69(90)103-73(71(60-46-40-38-41-47-60)85-79(95)105-80(4,5)6)78(94)102-63-55-84(97)76(104-77(93)61-48-42-39-43-49-61)74-82(9,64(86)54-65-83(74,96)58-100-65)75(92)72(91)70(59(63)3)81(84,7)8/h18-21,24-27,38-43,46-49,62-65,71-74,76,86,91,96-97H,10-17,22-23,28-37,44-45,50-58H2,1-9H3,(H,85,95)/b20-18-,21-19-,26-24-,27-25-/t62?,63-,64-,65+,71-,72+,73+,74-,76-,82+,83-,84+/m0/s1. The average Bonchev–Trinajstić information content (AvgIpc) is 0.673. The van der Waals surface area contributed by atoms with E-state index in [-0.39, 0.29) is 41.5 Å². The van der Waals surface area contributed by atoms with Crippen molar-refractivity contribution in [2.24, 2.45) is 16.7 Å². The van der Waals surface area contributed by atoms with Gasteiger partial charge in [-0.2, -0.15) is 0 Å². The normalized spacial score (nSPS) is 24.4. The van der Waals surface area contributed by atoms with E-state index in [2.05, 4.69) is 67.8 Å². The monoisotopic (exact) mass is 1460 g/mol. The van der Waals surface area contributed by atoms with E-state index in [0.29, 0.717) is 12.8 Å². The van der Waals surface area contributed by atoms with Crippen LogP contribution in [0.2, 0.25) is 0 Å². The Morgan fingerprint density at radius 3 is 1.63 bits per heavy atom. The number of aliphatic hydroxyl groups excluding tert-OH is 2. The van der Waals surface area contributed by atoms with Crippen LogP contribution in [0.5, 0.6) is 0 Å². The molecule has 21 heteroatoms. The Balaban J connectivity index is 1.17. The molecule has 12 atom stereocenters. The van der Waals surface area contributed by atoms with Gasteiger partial charge in [0.15, 0.2) is 11.9 Å².